The van der Waals surface area contributed by atoms with Gasteiger partial charge < -0.3 is 14.3 Å². The third-order valence-corrected chi connectivity index (χ3v) is 5.28. The lowest BCUT2D eigenvalue weighted by molar-refractivity contribution is -0.157. The van der Waals surface area contributed by atoms with E-state index in [4.69, 9.17) is 9.52 Å². The molecule has 0 fully saturated rings. The molecule has 0 spiro atoms. The van der Waals surface area contributed by atoms with Crippen molar-refractivity contribution < 1.29 is 17.6 Å². The number of H-pyrrole nitrogens is 1. The first-order chi connectivity index (χ1) is 14.3. The molecular weight excluding hydrogens is 399 g/mol. The average Bonchev–Trinajstić information content (AvgIpc) is 3.43. The van der Waals surface area contributed by atoms with Crippen LogP contribution in [-0.4, -0.2) is 36.3 Å². The molecule has 0 aromatic carbocycles. The number of nitrogens with one attached hydrogen (secondary N) is 1. The Labute approximate surface area is 168 Å². The summed E-state index contributed by atoms with van der Waals surface area (Å²) in [6.45, 7) is 4.57. The van der Waals surface area contributed by atoms with Crippen LogP contribution >= 0.6 is 0 Å². The zero-order valence-electron chi connectivity index (χ0n) is 16.2. The molecule has 5 rings (SSSR count). The lowest BCUT2D eigenvalue weighted by Crippen LogP contribution is -2.37. The van der Waals surface area contributed by atoms with E-state index < -0.39 is 18.1 Å². The van der Waals surface area contributed by atoms with Crippen molar-refractivity contribution in [2.75, 3.05) is 11.4 Å². The molecule has 1 aliphatic heterocycles. The number of hydrogen-bond donors (Lipinski definition) is 1. The van der Waals surface area contributed by atoms with E-state index in [1.54, 1.807) is 15.7 Å². The Morgan fingerprint density at radius 3 is 2.83 bits per heavy atom. The summed E-state index contributed by atoms with van der Waals surface area (Å²) >= 11 is 0. The molecule has 156 valence electrons. The molecule has 0 bridgehead atoms. The summed E-state index contributed by atoms with van der Waals surface area (Å²) in [4.78, 5) is 9.15. The van der Waals surface area contributed by atoms with Crippen LogP contribution in [0.2, 0.25) is 0 Å². The Morgan fingerprint density at radius 1 is 1.27 bits per heavy atom. The van der Waals surface area contributed by atoms with Gasteiger partial charge in [-0.25, -0.2) is 9.50 Å². The first kappa shape index (κ1) is 18.6. The van der Waals surface area contributed by atoms with Gasteiger partial charge in [0.25, 0.3) is 0 Å². The van der Waals surface area contributed by atoms with Gasteiger partial charge in [0.2, 0.25) is 0 Å². The summed E-state index contributed by atoms with van der Waals surface area (Å²) < 4.78 is 45.7. The van der Waals surface area contributed by atoms with Gasteiger partial charge in [-0.3, -0.25) is 0 Å². The van der Waals surface area contributed by atoms with Crippen molar-refractivity contribution in [2.24, 2.45) is 0 Å². The Bertz CT molecular complexity index is 1210. The number of aromatic amines is 1. The second kappa shape index (κ2) is 6.57. The molecule has 4 aromatic rings. The molecule has 1 atom stereocenters. The van der Waals surface area contributed by atoms with Crippen LogP contribution in [0, 0.1) is 0 Å². The maximum atomic E-state index is 13.0. The molecule has 0 saturated carbocycles. The van der Waals surface area contributed by atoms with Crippen LogP contribution in [0.5, 0.6) is 0 Å². The number of anilines is 1. The number of hydrogen-bond acceptors (Lipinski definition) is 6. The van der Waals surface area contributed by atoms with Crippen molar-refractivity contribution in [3.05, 3.63) is 59.3 Å². The summed E-state index contributed by atoms with van der Waals surface area (Å²) in [7, 11) is 0. The molecule has 0 saturated heterocycles. The summed E-state index contributed by atoms with van der Waals surface area (Å²) in [5.41, 5.74) is 4.29. The highest BCUT2D eigenvalue weighted by molar-refractivity contribution is 5.58. The van der Waals surface area contributed by atoms with E-state index in [0.717, 1.165) is 16.8 Å². The molecule has 8 nitrogen and oxygen atoms in total. The quantitative estimate of drug-likeness (QED) is 0.547. The summed E-state index contributed by atoms with van der Waals surface area (Å²) in [6, 6.07) is 5.14. The molecule has 1 N–H and O–H groups in total. The highest BCUT2D eigenvalue weighted by atomic mass is 19.4. The first-order valence-electron chi connectivity index (χ1n) is 9.50. The minimum Gasteiger partial charge on any atom is -0.399 e. The Morgan fingerprint density at radius 2 is 2.10 bits per heavy atom. The zero-order chi connectivity index (χ0) is 21.0. The molecular formula is C19H18F3N7O. The van der Waals surface area contributed by atoms with Gasteiger partial charge in [0.05, 0.1) is 23.2 Å². The topological polar surface area (TPSA) is 88.1 Å². The highest BCUT2D eigenvalue weighted by Crippen LogP contribution is 2.38. The van der Waals surface area contributed by atoms with Crippen molar-refractivity contribution in [2.45, 2.75) is 38.4 Å². The first-order valence-corrected chi connectivity index (χ1v) is 9.50. The smallest absolute Gasteiger partial charge is 0.399 e. The van der Waals surface area contributed by atoms with Crippen LogP contribution in [0.4, 0.5) is 19.2 Å². The van der Waals surface area contributed by atoms with Gasteiger partial charge in [0.15, 0.2) is 0 Å². The van der Waals surface area contributed by atoms with Gasteiger partial charge in [0, 0.05) is 24.9 Å². The van der Waals surface area contributed by atoms with Crippen molar-refractivity contribution in [1.29, 1.82) is 0 Å². The number of pyridine rings is 1. The van der Waals surface area contributed by atoms with Gasteiger partial charge in [-0.05, 0) is 23.6 Å². The van der Waals surface area contributed by atoms with Crippen molar-refractivity contribution in [3.8, 4) is 0 Å². The predicted molar refractivity (Wildman–Crippen MR) is 100 cm³/mol. The lowest BCUT2D eigenvalue weighted by Gasteiger charge is -2.32. The van der Waals surface area contributed by atoms with Crippen LogP contribution < -0.4 is 4.90 Å². The van der Waals surface area contributed by atoms with E-state index in [1.165, 1.54) is 0 Å². The minimum absolute atomic E-state index is 0.206. The number of fused-ring (bicyclic) bond motifs is 2. The molecule has 4 aromatic heterocycles. The standard InChI is InChI=1S/C19H18F3N7O/c1-10(2)11-4-3-6-29-14(11)8-13(27-29)16-15-12(23-9-24-15)5-7-28(16)18-26-25-17(30-18)19(20,21)22/h3-4,6,8-10,16H,5,7H2,1-2H3,(H,23,24)/t16-/m0/s1. The summed E-state index contributed by atoms with van der Waals surface area (Å²) in [5.74, 6) is -1.09. The average molecular weight is 417 g/mol. The van der Waals surface area contributed by atoms with Crippen LogP contribution in [0.1, 0.15) is 54.3 Å². The Balaban J connectivity index is 1.64. The molecule has 0 radical (unpaired) electrons. The van der Waals surface area contributed by atoms with E-state index in [0.29, 0.717) is 24.4 Å². The lowest BCUT2D eigenvalue weighted by atomic mass is 9.99. The van der Waals surface area contributed by atoms with Gasteiger partial charge >= 0.3 is 18.1 Å². The third kappa shape index (κ3) is 2.92. The molecule has 0 amide bonds. The fourth-order valence-electron chi connectivity index (χ4n) is 3.91. The second-order valence-corrected chi connectivity index (χ2v) is 7.52. The highest BCUT2D eigenvalue weighted by Gasteiger charge is 2.41. The Kier molecular flexibility index (Phi) is 4.09. The van der Waals surface area contributed by atoms with E-state index in [9.17, 15) is 13.2 Å². The maximum absolute atomic E-state index is 13.0. The third-order valence-electron chi connectivity index (χ3n) is 5.28. The number of aromatic nitrogens is 6. The molecule has 0 unspecified atom stereocenters. The van der Waals surface area contributed by atoms with Crippen LogP contribution in [0.25, 0.3) is 5.52 Å². The SMILES string of the molecule is CC(C)c1cccn2nc([C@H]3c4nc[nH]c4CCN3c3nnc(C(F)(F)F)o3)cc12. The fraction of sp³-hybridized carbons (Fsp3) is 0.368. The zero-order valence-corrected chi connectivity index (χ0v) is 16.2. The van der Waals surface area contributed by atoms with Gasteiger partial charge in [-0.1, -0.05) is 25.0 Å². The fourth-order valence-corrected chi connectivity index (χ4v) is 3.91. The predicted octanol–water partition coefficient (Wildman–Crippen LogP) is 3.73. The number of alkyl halides is 3. The van der Waals surface area contributed by atoms with Crippen molar-refractivity contribution >= 4 is 11.5 Å². The van der Waals surface area contributed by atoms with Gasteiger partial charge in [-0.15, -0.1) is 5.10 Å². The van der Waals surface area contributed by atoms with Crippen LogP contribution in [0.3, 0.4) is 0 Å². The second-order valence-electron chi connectivity index (χ2n) is 7.52. The van der Waals surface area contributed by atoms with E-state index in [2.05, 4.69) is 34.0 Å². The normalized spacial score (nSPS) is 17.1. The molecule has 1 aliphatic rings. The number of nitrogens with zero attached hydrogens (tertiary/aromatic N) is 6. The largest absolute Gasteiger partial charge is 0.470 e. The number of imidazole rings is 1. The van der Waals surface area contributed by atoms with Crippen molar-refractivity contribution in [1.82, 2.24) is 29.8 Å². The summed E-state index contributed by atoms with van der Waals surface area (Å²) in [5, 5.41) is 11.5. The van der Waals surface area contributed by atoms with Crippen molar-refractivity contribution in [3.63, 3.8) is 0 Å². The van der Waals surface area contributed by atoms with E-state index in [1.807, 2.05) is 24.4 Å². The minimum atomic E-state index is -4.71. The van der Waals surface area contributed by atoms with E-state index >= 15 is 0 Å². The van der Waals surface area contributed by atoms with Gasteiger partial charge in [-0.2, -0.15) is 18.3 Å². The molecule has 30 heavy (non-hydrogen) atoms. The summed E-state index contributed by atoms with van der Waals surface area (Å²) in [6.07, 6.45) is -0.729. The molecule has 5 heterocycles. The maximum Gasteiger partial charge on any atom is 0.470 e. The molecule has 0 aliphatic carbocycles. The van der Waals surface area contributed by atoms with Crippen LogP contribution in [0.15, 0.2) is 35.1 Å². The van der Waals surface area contributed by atoms with Gasteiger partial charge in [0.1, 0.15) is 6.04 Å². The Hall–Kier alpha value is -3.37. The van der Waals surface area contributed by atoms with Crippen LogP contribution in [-0.2, 0) is 12.6 Å². The number of halogens is 3. The molecule has 11 heteroatoms. The number of rotatable bonds is 3. The van der Waals surface area contributed by atoms with E-state index in [-0.39, 0.29) is 11.9 Å². The monoisotopic (exact) mass is 417 g/mol.